The van der Waals surface area contributed by atoms with Gasteiger partial charge in [-0.2, -0.15) is 0 Å². The highest BCUT2D eigenvalue weighted by Gasteiger charge is 2.44. The maximum Gasteiger partial charge on any atom is 0.152 e. The van der Waals surface area contributed by atoms with Gasteiger partial charge in [0.25, 0.3) is 0 Å². The van der Waals surface area contributed by atoms with Crippen molar-refractivity contribution in [2.45, 2.75) is 45.1 Å². The van der Waals surface area contributed by atoms with Gasteiger partial charge in [-0.3, -0.25) is 4.79 Å². The van der Waals surface area contributed by atoms with Crippen LogP contribution in [0.2, 0.25) is 5.02 Å². The van der Waals surface area contributed by atoms with Crippen LogP contribution < -0.4 is 4.90 Å². The Labute approximate surface area is 161 Å². The van der Waals surface area contributed by atoms with Crippen molar-refractivity contribution >= 4 is 29.1 Å². The zero-order valence-electron chi connectivity index (χ0n) is 16.1. The molecule has 0 aliphatic carbocycles. The third-order valence-corrected chi connectivity index (χ3v) is 5.91. The van der Waals surface area contributed by atoms with Crippen LogP contribution in [0.15, 0.2) is 48.5 Å². The van der Waals surface area contributed by atoms with E-state index in [0.29, 0.717) is 0 Å². The number of ketones is 1. The molecule has 1 atom stereocenters. The molecule has 1 unspecified atom stereocenters. The molecule has 1 heterocycles. The second kappa shape index (κ2) is 6.59. The number of fused-ring (bicyclic) bond motifs is 1. The van der Waals surface area contributed by atoms with Crippen LogP contribution in [-0.4, -0.2) is 18.4 Å². The number of carbonyl (C=O) groups is 1. The summed E-state index contributed by atoms with van der Waals surface area (Å²) in [4.78, 5) is 13.7. The first-order chi connectivity index (χ1) is 12.1. The van der Waals surface area contributed by atoms with Gasteiger partial charge in [0, 0.05) is 28.7 Å². The Bertz CT molecular complexity index is 866. The van der Waals surface area contributed by atoms with Crippen molar-refractivity contribution in [3.05, 3.63) is 70.3 Å². The van der Waals surface area contributed by atoms with Crippen molar-refractivity contribution in [1.29, 1.82) is 0 Å². The average Bonchev–Trinajstić information content (AvgIpc) is 2.58. The van der Waals surface area contributed by atoms with E-state index >= 15 is 0 Å². The molecule has 0 aromatic heterocycles. The third-order valence-electron chi connectivity index (χ3n) is 5.66. The van der Waals surface area contributed by atoms with Gasteiger partial charge in [-0.1, -0.05) is 42.8 Å². The number of hydrogen-bond acceptors (Lipinski definition) is 2. The van der Waals surface area contributed by atoms with Gasteiger partial charge >= 0.3 is 0 Å². The summed E-state index contributed by atoms with van der Waals surface area (Å²) in [5, 5.41) is 0.753. The monoisotopic (exact) mass is 367 g/mol. The molecule has 0 radical (unpaired) electrons. The van der Waals surface area contributed by atoms with E-state index < -0.39 is 0 Å². The highest BCUT2D eigenvalue weighted by molar-refractivity contribution is 6.30. The molecule has 0 spiro atoms. The number of nitrogens with zero attached hydrogens (tertiary/aromatic N) is 1. The van der Waals surface area contributed by atoms with Crippen molar-refractivity contribution in [2.24, 2.45) is 0 Å². The Hall–Kier alpha value is -2.06. The van der Waals surface area contributed by atoms with Crippen LogP contribution in [0.25, 0.3) is 6.08 Å². The van der Waals surface area contributed by atoms with E-state index in [1.165, 1.54) is 16.8 Å². The number of halogens is 1. The lowest BCUT2D eigenvalue weighted by molar-refractivity contribution is -0.112. The molecule has 1 aliphatic heterocycles. The number of allylic oxidation sites excluding steroid dienone is 1. The SMILES string of the molecule is CC(=O)C=Cc1ccc2c(c1)C(C)(c1ccc(Cl)cc1)CC(C)(C)N2C. The van der Waals surface area contributed by atoms with Gasteiger partial charge in [-0.15, -0.1) is 0 Å². The van der Waals surface area contributed by atoms with Gasteiger partial charge < -0.3 is 4.90 Å². The molecule has 2 aromatic carbocycles. The third kappa shape index (κ3) is 3.31. The fraction of sp³-hybridized carbons (Fsp3) is 0.348. The van der Waals surface area contributed by atoms with E-state index in [4.69, 9.17) is 11.6 Å². The second-order valence-corrected chi connectivity index (χ2v) is 8.54. The molecule has 0 saturated carbocycles. The van der Waals surface area contributed by atoms with Gasteiger partial charge in [-0.05, 0) is 74.2 Å². The van der Waals surface area contributed by atoms with Gasteiger partial charge in [0.2, 0.25) is 0 Å². The number of benzene rings is 2. The van der Waals surface area contributed by atoms with Gasteiger partial charge in [0.1, 0.15) is 0 Å². The van der Waals surface area contributed by atoms with E-state index in [1.54, 1.807) is 13.0 Å². The summed E-state index contributed by atoms with van der Waals surface area (Å²) in [5.41, 5.74) is 4.73. The zero-order valence-corrected chi connectivity index (χ0v) is 16.9. The van der Waals surface area contributed by atoms with Crippen molar-refractivity contribution < 1.29 is 4.79 Å². The normalized spacial score (nSPS) is 21.7. The number of anilines is 1. The summed E-state index contributed by atoms with van der Waals surface area (Å²) < 4.78 is 0. The van der Waals surface area contributed by atoms with Crippen molar-refractivity contribution in [1.82, 2.24) is 0 Å². The zero-order chi connectivity index (χ0) is 19.1. The molecule has 0 fully saturated rings. The van der Waals surface area contributed by atoms with Crippen molar-refractivity contribution in [3.8, 4) is 0 Å². The minimum absolute atomic E-state index is 0.0259. The minimum atomic E-state index is -0.129. The first kappa shape index (κ1) is 18.7. The largest absolute Gasteiger partial charge is 0.369 e. The van der Waals surface area contributed by atoms with Crippen molar-refractivity contribution in [2.75, 3.05) is 11.9 Å². The number of hydrogen-bond donors (Lipinski definition) is 0. The molecular formula is C23H26ClNO. The molecule has 136 valence electrons. The van der Waals surface area contributed by atoms with E-state index in [2.05, 4.69) is 63.1 Å². The highest BCUT2D eigenvalue weighted by Crippen LogP contribution is 2.50. The van der Waals surface area contributed by atoms with Crippen LogP contribution in [0.4, 0.5) is 5.69 Å². The first-order valence-corrected chi connectivity index (χ1v) is 9.34. The Morgan fingerprint density at radius 2 is 1.77 bits per heavy atom. The van der Waals surface area contributed by atoms with Crippen LogP contribution in [-0.2, 0) is 10.2 Å². The molecule has 0 bridgehead atoms. The van der Waals surface area contributed by atoms with E-state index in [0.717, 1.165) is 17.0 Å². The van der Waals surface area contributed by atoms with E-state index in [9.17, 15) is 4.79 Å². The fourth-order valence-corrected chi connectivity index (χ4v) is 4.21. The van der Waals surface area contributed by atoms with E-state index in [1.807, 2.05) is 18.2 Å². The van der Waals surface area contributed by atoms with Gasteiger partial charge in [-0.25, -0.2) is 0 Å². The fourth-order valence-electron chi connectivity index (χ4n) is 4.09. The maximum absolute atomic E-state index is 11.3. The minimum Gasteiger partial charge on any atom is -0.369 e. The Morgan fingerprint density at radius 1 is 1.12 bits per heavy atom. The molecule has 0 amide bonds. The molecule has 2 aromatic rings. The highest BCUT2D eigenvalue weighted by atomic mass is 35.5. The Kier molecular flexibility index (Phi) is 4.74. The molecule has 3 rings (SSSR count). The second-order valence-electron chi connectivity index (χ2n) is 8.11. The molecule has 3 heteroatoms. The predicted octanol–water partition coefficient (Wildman–Crippen LogP) is 5.87. The van der Waals surface area contributed by atoms with Gasteiger partial charge in [0.15, 0.2) is 5.78 Å². The van der Waals surface area contributed by atoms with Crippen LogP contribution >= 0.6 is 11.6 Å². The first-order valence-electron chi connectivity index (χ1n) is 8.96. The van der Waals surface area contributed by atoms with Crippen LogP contribution in [0.3, 0.4) is 0 Å². The molecule has 0 saturated heterocycles. The van der Waals surface area contributed by atoms with Crippen LogP contribution in [0, 0.1) is 0 Å². The summed E-state index contributed by atoms with van der Waals surface area (Å²) in [6.45, 7) is 8.45. The van der Waals surface area contributed by atoms with Crippen LogP contribution in [0.1, 0.15) is 50.8 Å². The average molecular weight is 368 g/mol. The summed E-state index contributed by atoms with van der Waals surface area (Å²) in [7, 11) is 2.16. The lowest BCUT2D eigenvalue weighted by Gasteiger charge is -2.51. The molecule has 1 aliphatic rings. The van der Waals surface area contributed by atoms with E-state index in [-0.39, 0.29) is 16.7 Å². The summed E-state index contributed by atoms with van der Waals surface area (Å²) in [6, 6.07) is 14.7. The van der Waals surface area contributed by atoms with Crippen LogP contribution in [0.5, 0.6) is 0 Å². The molecule has 0 N–H and O–H groups in total. The molecular weight excluding hydrogens is 342 g/mol. The number of carbonyl (C=O) groups excluding carboxylic acids is 1. The summed E-state index contributed by atoms with van der Waals surface area (Å²) in [6.07, 6.45) is 4.51. The smallest absolute Gasteiger partial charge is 0.152 e. The molecule has 26 heavy (non-hydrogen) atoms. The lowest BCUT2D eigenvalue weighted by atomic mass is 9.65. The summed E-state index contributed by atoms with van der Waals surface area (Å²) in [5.74, 6) is 0.0569. The Morgan fingerprint density at radius 3 is 2.38 bits per heavy atom. The topological polar surface area (TPSA) is 20.3 Å². The van der Waals surface area contributed by atoms with Crippen molar-refractivity contribution in [3.63, 3.8) is 0 Å². The standard InChI is InChI=1S/C23H26ClNO/c1-16(26)6-7-17-8-13-21-20(14-17)23(4,15-22(2,3)25(21)5)18-9-11-19(24)12-10-18/h6-14H,15H2,1-5H3. The number of rotatable bonds is 3. The lowest BCUT2D eigenvalue weighted by Crippen LogP contribution is -2.51. The Balaban J connectivity index is 2.20. The quantitative estimate of drug-likeness (QED) is 0.632. The summed E-state index contributed by atoms with van der Waals surface area (Å²) >= 11 is 6.12. The van der Waals surface area contributed by atoms with Gasteiger partial charge in [0.05, 0.1) is 0 Å². The predicted molar refractivity (Wildman–Crippen MR) is 111 cm³/mol. The maximum atomic E-state index is 11.3. The molecule has 2 nitrogen and oxygen atoms in total.